The smallest absolute Gasteiger partial charge is 0.308 e. The van der Waals surface area contributed by atoms with Crippen LogP contribution in [0, 0.1) is 0 Å². The van der Waals surface area contributed by atoms with E-state index in [1.54, 1.807) is 18.2 Å². The van der Waals surface area contributed by atoms with Gasteiger partial charge in [0.25, 0.3) is 0 Å². The quantitative estimate of drug-likeness (QED) is 0.495. The van der Waals surface area contributed by atoms with Gasteiger partial charge in [-0.2, -0.15) is 0 Å². The van der Waals surface area contributed by atoms with Gasteiger partial charge in [-0.1, -0.05) is 6.07 Å². The van der Waals surface area contributed by atoms with E-state index in [4.69, 9.17) is 14.2 Å². The number of phenols is 2. The highest BCUT2D eigenvalue weighted by atomic mass is 16.5. The van der Waals surface area contributed by atoms with Crippen LogP contribution < -0.4 is 14.2 Å². The number of hydrogen-bond donors (Lipinski definition) is 2. The van der Waals surface area contributed by atoms with Crippen molar-refractivity contribution >= 4 is 17.8 Å². The molecule has 134 valence electrons. The van der Waals surface area contributed by atoms with Crippen molar-refractivity contribution in [2.45, 2.75) is 6.92 Å². The molecule has 0 saturated carbocycles. The molecule has 0 unspecified atom stereocenters. The van der Waals surface area contributed by atoms with Gasteiger partial charge in [0.05, 0.1) is 7.11 Å². The minimum Gasteiger partial charge on any atom is -0.507 e. The molecule has 0 aliphatic carbocycles. The van der Waals surface area contributed by atoms with Gasteiger partial charge < -0.3 is 24.4 Å². The van der Waals surface area contributed by atoms with Crippen LogP contribution in [0.15, 0.2) is 35.9 Å². The molecule has 0 fully saturated rings. The summed E-state index contributed by atoms with van der Waals surface area (Å²) in [5, 5.41) is 20.0. The summed E-state index contributed by atoms with van der Waals surface area (Å²) < 4.78 is 15.4. The maximum Gasteiger partial charge on any atom is 0.308 e. The minimum atomic E-state index is -0.550. The van der Waals surface area contributed by atoms with E-state index in [2.05, 4.69) is 0 Å². The van der Waals surface area contributed by atoms with Crippen molar-refractivity contribution in [1.29, 1.82) is 0 Å². The van der Waals surface area contributed by atoms with Crippen molar-refractivity contribution in [3.63, 3.8) is 0 Å². The number of hydrogen-bond acceptors (Lipinski definition) is 7. The van der Waals surface area contributed by atoms with E-state index in [-0.39, 0.29) is 35.2 Å². The number of ether oxygens (including phenoxy) is 3. The second-order valence-corrected chi connectivity index (χ2v) is 5.63. The zero-order chi connectivity index (χ0) is 18.8. The third-order valence-electron chi connectivity index (χ3n) is 3.76. The lowest BCUT2D eigenvalue weighted by molar-refractivity contribution is -0.131. The molecule has 0 spiro atoms. The van der Waals surface area contributed by atoms with Gasteiger partial charge in [0.15, 0.2) is 17.3 Å². The molecule has 0 saturated heterocycles. The second-order valence-electron chi connectivity index (χ2n) is 5.63. The number of carbonyl (C=O) groups is 2. The molecule has 3 rings (SSSR count). The first-order chi connectivity index (χ1) is 12.4. The van der Waals surface area contributed by atoms with Crippen LogP contribution in [0.5, 0.6) is 28.7 Å². The lowest BCUT2D eigenvalue weighted by atomic mass is 9.97. The van der Waals surface area contributed by atoms with Gasteiger partial charge in [-0.25, -0.2) is 0 Å². The Morgan fingerprint density at radius 3 is 2.62 bits per heavy atom. The standard InChI is InChI=1S/C19H16O7/c1-10(20)26-13-7-15(22)18-17(8-13)25-9-12(19(18)23)5-11-3-4-16(24-2)14(21)6-11/h3-8,21-22H,9H2,1-2H3/b12-5+. The van der Waals surface area contributed by atoms with Gasteiger partial charge in [0.1, 0.15) is 29.4 Å². The molecule has 2 N–H and O–H groups in total. The van der Waals surface area contributed by atoms with E-state index in [1.807, 2.05) is 0 Å². The summed E-state index contributed by atoms with van der Waals surface area (Å²) in [7, 11) is 1.44. The third kappa shape index (κ3) is 3.32. The Morgan fingerprint density at radius 1 is 1.19 bits per heavy atom. The number of esters is 1. The van der Waals surface area contributed by atoms with Gasteiger partial charge in [0.2, 0.25) is 0 Å². The van der Waals surface area contributed by atoms with Crippen LogP contribution in [0.1, 0.15) is 22.8 Å². The number of ketones is 1. The molecular weight excluding hydrogens is 340 g/mol. The molecule has 0 bridgehead atoms. The summed E-state index contributed by atoms with van der Waals surface area (Å²) >= 11 is 0. The first-order valence-electron chi connectivity index (χ1n) is 7.69. The van der Waals surface area contributed by atoms with E-state index in [0.717, 1.165) is 0 Å². The van der Waals surface area contributed by atoms with Crippen LogP contribution >= 0.6 is 0 Å². The van der Waals surface area contributed by atoms with Crippen LogP contribution in [0.3, 0.4) is 0 Å². The molecule has 7 heteroatoms. The van der Waals surface area contributed by atoms with E-state index in [0.29, 0.717) is 16.9 Å². The summed E-state index contributed by atoms with van der Waals surface area (Å²) in [6.45, 7) is 1.20. The van der Waals surface area contributed by atoms with E-state index in [1.165, 1.54) is 32.2 Å². The Labute approximate surface area is 149 Å². The van der Waals surface area contributed by atoms with Crippen molar-refractivity contribution in [2.75, 3.05) is 13.7 Å². The van der Waals surface area contributed by atoms with Gasteiger partial charge >= 0.3 is 5.97 Å². The largest absolute Gasteiger partial charge is 0.507 e. The molecule has 0 radical (unpaired) electrons. The monoisotopic (exact) mass is 356 g/mol. The summed E-state index contributed by atoms with van der Waals surface area (Å²) in [5.74, 6) is -0.804. The number of aromatic hydroxyl groups is 2. The van der Waals surface area contributed by atoms with Crippen molar-refractivity contribution in [2.24, 2.45) is 0 Å². The number of fused-ring (bicyclic) bond motifs is 1. The second kappa shape index (κ2) is 6.79. The summed E-state index contributed by atoms with van der Waals surface area (Å²) in [6, 6.07) is 7.27. The Balaban J connectivity index is 1.95. The fourth-order valence-corrected chi connectivity index (χ4v) is 2.63. The maximum atomic E-state index is 12.7. The van der Waals surface area contributed by atoms with Gasteiger partial charge in [-0.05, 0) is 23.8 Å². The number of Topliss-reactive ketones (excluding diaryl/α,β-unsaturated/α-hetero) is 1. The highest BCUT2D eigenvalue weighted by Gasteiger charge is 2.28. The predicted molar refractivity (Wildman–Crippen MR) is 91.9 cm³/mol. The molecule has 1 aliphatic heterocycles. The van der Waals surface area contributed by atoms with Crippen LogP contribution in [0.4, 0.5) is 0 Å². The molecule has 1 aliphatic rings. The first kappa shape index (κ1) is 17.3. The van der Waals surface area contributed by atoms with E-state index < -0.39 is 11.8 Å². The van der Waals surface area contributed by atoms with Crippen LogP contribution in [0.2, 0.25) is 0 Å². The zero-order valence-electron chi connectivity index (χ0n) is 14.1. The molecule has 0 aromatic heterocycles. The minimum absolute atomic E-state index is 0.00358. The SMILES string of the molecule is COc1ccc(/C=C2\COc3cc(OC(C)=O)cc(O)c3C2=O)cc1O. The molecule has 1 heterocycles. The average Bonchev–Trinajstić information content (AvgIpc) is 2.56. The molecule has 0 atom stereocenters. The summed E-state index contributed by atoms with van der Waals surface area (Å²) in [6.07, 6.45) is 1.56. The Kier molecular flexibility index (Phi) is 4.53. The summed E-state index contributed by atoms with van der Waals surface area (Å²) in [5.41, 5.74) is 0.878. The fraction of sp³-hybridized carbons (Fsp3) is 0.158. The fourth-order valence-electron chi connectivity index (χ4n) is 2.63. The number of phenolic OH excluding ortho intramolecular Hbond substituents is 2. The predicted octanol–water partition coefficient (Wildman–Crippen LogP) is 2.69. The van der Waals surface area contributed by atoms with E-state index in [9.17, 15) is 19.8 Å². The molecule has 2 aromatic rings. The lowest BCUT2D eigenvalue weighted by Gasteiger charge is -2.20. The number of carbonyl (C=O) groups excluding carboxylic acids is 2. The molecule has 7 nitrogen and oxygen atoms in total. The normalized spacial score (nSPS) is 14.5. The molecular formula is C19H16O7. The molecule has 26 heavy (non-hydrogen) atoms. The van der Waals surface area contributed by atoms with Crippen molar-refractivity contribution in [1.82, 2.24) is 0 Å². The highest BCUT2D eigenvalue weighted by molar-refractivity contribution is 6.15. The van der Waals surface area contributed by atoms with Crippen LogP contribution in [-0.2, 0) is 4.79 Å². The van der Waals surface area contributed by atoms with E-state index >= 15 is 0 Å². The topological polar surface area (TPSA) is 102 Å². The van der Waals surface area contributed by atoms with Crippen molar-refractivity contribution in [3.8, 4) is 28.7 Å². The summed E-state index contributed by atoms with van der Waals surface area (Å²) in [4.78, 5) is 23.7. The Bertz CT molecular complexity index is 928. The van der Waals surface area contributed by atoms with Crippen molar-refractivity contribution < 1.29 is 34.0 Å². The molecule has 2 aromatic carbocycles. The zero-order valence-corrected chi connectivity index (χ0v) is 14.1. The number of methoxy groups -OCH3 is 1. The maximum absolute atomic E-state index is 12.7. The number of rotatable bonds is 3. The van der Waals surface area contributed by atoms with Crippen molar-refractivity contribution in [3.05, 3.63) is 47.0 Å². The first-order valence-corrected chi connectivity index (χ1v) is 7.69. The van der Waals surface area contributed by atoms with Gasteiger partial charge in [0, 0.05) is 24.6 Å². The Hall–Kier alpha value is -3.48. The third-order valence-corrected chi connectivity index (χ3v) is 3.76. The van der Waals surface area contributed by atoms with Gasteiger partial charge in [-0.3, -0.25) is 9.59 Å². The average molecular weight is 356 g/mol. The van der Waals surface area contributed by atoms with Crippen LogP contribution in [-0.4, -0.2) is 35.7 Å². The highest BCUT2D eigenvalue weighted by Crippen LogP contribution is 2.38. The Morgan fingerprint density at radius 2 is 1.96 bits per heavy atom. The van der Waals surface area contributed by atoms with Crippen LogP contribution in [0.25, 0.3) is 6.08 Å². The number of benzene rings is 2. The van der Waals surface area contributed by atoms with Gasteiger partial charge in [-0.15, -0.1) is 0 Å². The lowest BCUT2D eigenvalue weighted by Crippen LogP contribution is -2.19. The molecule has 0 amide bonds.